The van der Waals surface area contributed by atoms with Crippen molar-refractivity contribution in [3.63, 3.8) is 0 Å². The third kappa shape index (κ3) is 4.93. The Morgan fingerprint density at radius 1 is 1.15 bits per heavy atom. The van der Waals surface area contributed by atoms with E-state index < -0.39 is 0 Å². The highest BCUT2D eigenvalue weighted by atomic mass is 35.5. The number of ether oxygens (including phenoxy) is 3. The predicted molar refractivity (Wildman–Crippen MR) is 103 cm³/mol. The lowest BCUT2D eigenvalue weighted by molar-refractivity contribution is -0.122. The molecular formula is C18H22ClNO5S. The molecule has 0 unspecified atom stereocenters. The number of rotatable bonds is 9. The van der Waals surface area contributed by atoms with Gasteiger partial charge in [-0.3, -0.25) is 14.5 Å². The zero-order chi connectivity index (χ0) is 19.1. The lowest BCUT2D eigenvalue weighted by atomic mass is 10.1. The summed E-state index contributed by atoms with van der Waals surface area (Å²) in [6.45, 7) is 5.51. The Morgan fingerprint density at radius 3 is 2.42 bits per heavy atom. The molecule has 0 N–H and O–H groups in total. The first-order valence-electron chi connectivity index (χ1n) is 8.35. The number of nitrogens with zero attached hydrogens (tertiary/aromatic N) is 1. The maximum Gasteiger partial charge on any atom is 0.293 e. The zero-order valence-corrected chi connectivity index (χ0v) is 16.6. The van der Waals surface area contributed by atoms with E-state index in [1.807, 2.05) is 13.8 Å². The molecule has 26 heavy (non-hydrogen) atoms. The van der Waals surface area contributed by atoms with E-state index >= 15 is 0 Å². The molecule has 1 fully saturated rings. The van der Waals surface area contributed by atoms with Crippen LogP contribution in [0.15, 0.2) is 17.0 Å². The molecule has 1 aliphatic heterocycles. The Hall–Kier alpha value is -1.70. The summed E-state index contributed by atoms with van der Waals surface area (Å²) in [7, 11) is 1.58. The highest BCUT2D eigenvalue weighted by Crippen LogP contribution is 2.38. The van der Waals surface area contributed by atoms with E-state index in [-0.39, 0.29) is 11.1 Å². The van der Waals surface area contributed by atoms with Gasteiger partial charge < -0.3 is 14.2 Å². The van der Waals surface area contributed by atoms with Crippen molar-refractivity contribution in [2.24, 2.45) is 0 Å². The molecule has 0 aromatic heterocycles. The second kappa shape index (κ2) is 9.85. The van der Waals surface area contributed by atoms with Gasteiger partial charge in [-0.2, -0.15) is 0 Å². The van der Waals surface area contributed by atoms with Crippen LogP contribution >= 0.6 is 23.4 Å². The van der Waals surface area contributed by atoms with Crippen molar-refractivity contribution in [2.75, 3.05) is 33.5 Å². The predicted octanol–water partition coefficient (Wildman–Crippen LogP) is 4.21. The standard InChI is InChI=1S/C18H22ClNO5S/c1-4-24-14-9-12(13(19)11-15(14)25-5-2)10-16-17(21)20(18(22)26-16)7-6-8-23-3/h9-11H,4-8H2,1-3H3/b16-10+. The van der Waals surface area contributed by atoms with Gasteiger partial charge in [-0.15, -0.1) is 0 Å². The molecule has 6 nitrogen and oxygen atoms in total. The number of carbonyl (C=O) groups is 2. The van der Waals surface area contributed by atoms with Crippen molar-refractivity contribution < 1.29 is 23.8 Å². The Kier molecular flexibility index (Phi) is 7.81. The molecule has 0 spiro atoms. The van der Waals surface area contributed by atoms with E-state index in [4.69, 9.17) is 25.8 Å². The summed E-state index contributed by atoms with van der Waals surface area (Å²) < 4.78 is 16.1. The fourth-order valence-corrected chi connectivity index (χ4v) is 3.46. The second-order valence-corrected chi connectivity index (χ2v) is 6.77. The van der Waals surface area contributed by atoms with Gasteiger partial charge >= 0.3 is 0 Å². The monoisotopic (exact) mass is 399 g/mol. The van der Waals surface area contributed by atoms with Crippen LogP contribution in [-0.2, 0) is 9.53 Å². The molecule has 1 aromatic carbocycles. The third-order valence-electron chi connectivity index (χ3n) is 3.55. The molecule has 0 aliphatic carbocycles. The molecule has 1 heterocycles. The lowest BCUT2D eigenvalue weighted by Gasteiger charge is -2.13. The Bertz CT molecular complexity index is 707. The average molecular weight is 400 g/mol. The third-order valence-corrected chi connectivity index (χ3v) is 4.79. The summed E-state index contributed by atoms with van der Waals surface area (Å²) in [4.78, 5) is 26.1. The number of halogens is 1. The molecule has 8 heteroatoms. The first-order chi connectivity index (χ1) is 12.5. The molecule has 0 atom stereocenters. The Labute approximate surface area is 162 Å². The van der Waals surface area contributed by atoms with Crippen LogP contribution in [-0.4, -0.2) is 49.5 Å². The summed E-state index contributed by atoms with van der Waals surface area (Å²) in [6, 6.07) is 3.38. The topological polar surface area (TPSA) is 65.1 Å². The fraction of sp³-hybridized carbons (Fsp3) is 0.444. The minimum absolute atomic E-state index is 0.288. The number of imide groups is 1. The van der Waals surface area contributed by atoms with Crippen LogP contribution in [0.3, 0.4) is 0 Å². The van der Waals surface area contributed by atoms with Crippen LogP contribution in [0.25, 0.3) is 6.08 Å². The minimum Gasteiger partial charge on any atom is -0.490 e. The number of benzene rings is 1. The van der Waals surface area contributed by atoms with E-state index in [9.17, 15) is 9.59 Å². The highest BCUT2D eigenvalue weighted by molar-refractivity contribution is 8.18. The molecule has 0 saturated carbocycles. The average Bonchev–Trinajstić information content (AvgIpc) is 2.86. The maximum atomic E-state index is 12.5. The second-order valence-electron chi connectivity index (χ2n) is 5.37. The van der Waals surface area contributed by atoms with E-state index in [0.717, 1.165) is 11.8 Å². The van der Waals surface area contributed by atoms with Gasteiger partial charge in [0, 0.05) is 26.3 Å². The number of methoxy groups -OCH3 is 1. The molecule has 142 valence electrons. The molecule has 0 bridgehead atoms. The van der Waals surface area contributed by atoms with Crippen LogP contribution in [0.2, 0.25) is 5.02 Å². The number of hydrogen-bond donors (Lipinski definition) is 0. The molecule has 0 radical (unpaired) electrons. The lowest BCUT2D eigenvalue weighted by Crippen LogP contribution is -2.29. The minimum atomic E-state index is -0.320. The quantitative estimate of drug-likeness (QED) is 0.457. The summed E-state index contributed by atoms with van der Waals surface area (Å²) in [5.74, 6) is 0.771. The first kappa shape index (κ1) is 20.6. The highest BCUT2D eigenvalue weighted by Gasteiger charge is 2.34. The fourth-order valence-electron chi connectivity index (χ4n) is 2.40. The van der Waals surface area contributed by atoms with E-state index in [2.05, 4.69) is 0 Å². The number of thioether (sulfide) groups is 1. The largest absolute Gasteiger partial charge is 0.490 e. The first-order valence-corrected chi connectivity index (χ1v) is 9.54. The van der Waals surface area contributed by atoms with E-state index in [0.29, 0.717) is 59.8 Å². The summed E-state index contributed by atoms with van der Waals surface area (Å²) in [6.07, 6.45) is 2.21. The van der Waals surface area contributed by atoms with Gasteiger partial charge in [0.1, 0.15) is 0 Å². The summed E-state index contributed by atoms with van der Waals surface area (Å²) in [5.41, 5.74) is 0.598. The van der Waals surface area contributed by atoms with Crippen molar-refractivity contribution in [3.05, 3.63) is 27.6 Å². The number of carbonyl (C=O) groups excluding carboxylic acids is 2. The number of hydrogen-bond acceptors (Lipinski definition) is 6. The Balaban J connectivity index is 2.27. The summed E-state index contributed by atoms with van der Waals surface area (Å²) in [5, 5.41) is 0.132. The van der Waals surface area contributed by atoms with Crippen molar-refractivity contribution >= 4 is 40.6 Å². The Morgan fingerprint density at radius 2 is 1.81 bits per heavy atom. The van der Waals surface area contributed by atoms with Crippen molar-refractivity contribution in [2.45, 2.75) is 20.3 Å². The van der Waals surface area contributed by atoms with Crippen molar-refractivity contribution in [3.8, 4) is 11.5 Å². The van der Waals surface area contributed by atoms with E-state index in [1.54, 1.807) is 25.3 Å². The van der Waals surface area contributed by atoms with Gasteiger partial charge in [0.25, 0.3) is 11.1 Å². The molecule has 2 rings (SSSR count). The summed E-state index contributed by atoms with van der Waals surface area (Å²) >= 11 is 7.23. The van der Waals surface area contributed by atoms with Gasteiger partial charge in [-0.1, -0.05) is 11.6 Å². The van der Waals surface area contributed by atoms with Gasteiger partial charge in [0.2, 0.25) is 0 Å². The number of amides is 2. The molecule has 2 amide bonds. The molecule has 1 aromatic rings. The maximum absolute atomic E-state index is 12.5. The van der Waals surface area contributed by atoms with Crippen molar-refractivity contribution in [1.82, 2.24) is 4.90 Å². The van der Waals surface area contributed by atoms with Crippen LogP contribution in [0, 0.1) is 0 Å². The van der Waals surface area contributed by atoms with Gasteiger partial charge in [0.05, 0.1) is 23.1 Å². The molecular weight excluding hydrogens is 378 g/mol. The van der Waals surface area contributed by atoms with Gasteiger partial charge in [0.15, 0.2) is 11.5 Å². The van der Waals surface area contributed by atoms with Crippen LogP contribution in [0.5, 0.6) is 11.5 Å². The van der Waals surface area contributed by atoms with Crippen LogP contribution in [0.4, 0.5) is 4.79 Å². The normalized spacial score (nSPS) is 15.8. The smallest absolute Gasteiger partial charge is 0.293 e. The van der Waals surface area contributed by atoms with E-state index in [1.165, 1.54) is 4.90 Å². The van der Waals surface area contributed by atoms with Crippen molar-refractivity contribution in [1.29, 1.82) is 0 Å². The molecule has 1 saturated heterocycles. The SMILES string of the molecule is CCOc1cc(Cl)c(/C=C2/SC(=O)N(CCCOC)C2=O)cc1OCC. The zero-order valence-electron chi connectivity index (χ0n) is 15.0. The molecule has 1 aliphatic rings. The van der Waals surface area contributed by atoms with Crippen LogP contribution < -0.4 is 9.47 Å². The van der Waals surface area contributed by atoms with Crippen LogP contribution in [0.1, 0.15) is 25.8 Å². The van der Waals surface area contributed by atoms with Gasteiger partial charge in [-0.25, -0.2) is 0 Å². The van der Waals surface area contributed by atoms with Gasteiger partial charge in [-0.05, 0) is 49.7 Å².